The first-order chi connectivity index (χ1) is 10.2. The van der Waals surface area contributed by atoms with Gasteiger partial charge in [0.05, 0.1) is 16.4 Å². The molecule has 0 heterocycles. The molecule has 1 aliphatic rings. The summed E-state index contributed by atoms with van der Waals surface area (Å²) in [5.41, 5.74) is 1.45. The van der Waals surface area contributed by atoms with Crippen LogP contribution in [-0.2, 0) is 16.1 Å². The second-order valence-electron chi connectivity index (χ2n) is 6.56. The highest BCUT2D eigenvalue weighted by atomic mass is 16.6. The van der Waals surface area contributed by atoms with E-state index in [1.54, 1.807) is 18.2 Å². The minimum absolute atomic E-state index is 0.0220. The number of allylic oxidation sites excluding steroid dienone is 2. The second kappa shape index (κ2) is 5.91. The number of ether oxygens (including phenoxy) is 1. The van der Waals surface area contributed by atoms with Gasteiger partial charge in [0.25, 0.3) is 5.69 Å². The van der Waals surface area contributed by atoms with Gasteiger partial charge in [0.15, 0.2) is 0 Å². The summed E-state index contributed by atoms with van der Waals surface area (Å²) in [6.07, 6.45) is 2.09. The minimum Gasteiger partial charge on any atom is -0.460 e. The van der Waals surface area contributed by atoms with Crippen LogP contribution in [0.3, 0.4) is 0 Å². The smallest absolute Gasteiger partial charge is 0.310 e. The summed E-state index contributed by atoms with van der Waals surface area (Å²) in [6.45, 7) is 8.01. The van der Waals surface area contributed by atoms with Crippen molar-refractivity contribution in [2.75, 3.05) is 0 Å². The molecule has 0 amide bonds. The Morgan fingerprint density at radius 2 is 2.00 bits per heavy atom. The van der Waals surface area contributed by atoms with E-state index in [2.05, 4.69) is 6.08 Å². The predicted molar refractivity (Wildman–Crippen MR) is 83.1 cm³/mol. The lowest BCUT2D eigenvalue weighted by Gasteiger charge is -2.06. The van der Waals surface area contributed by atoms with Crippen LogP contribution in [0.1, 0.15) is 33.3 Å². The van der Waals surface area contributed by atoms with Gasteiger partial charge in [-0.3, -0.25) is 14.9 Å². The van der Waals surface area contributed by atoms with Crippen molar-refractivity contribution >= 4 is 11.7 Å². The molecule has 5 heteroatoms. The summed E-state index contributed by atoms with van der Waals surface area (Å²) < 4.78 is 5.32. The van der Waals surface area contributed by atoms with Gasteiger partial charge >= 0.3 is 5.97 Å². The zero-order valence-corrected chi connectivity index (χ0v) is 13.3. The maximum absolute atomic E-state index is 12.2. The number of para-hydroxylation sites is 1. The quantitative estimate of drug-likeness (QED) is 0.358. The van der Waals surface area contributed by atoms with Gasteiger partial charge in [-0.25, -0.2) is 0 Å². The number of carbonyl (C=O) groups is 1. The molecule has 1 fully saturated rings. The summed E-state index contributed by atoms with van der Waals surface area (Å²) in [7, 11) is 0. The van der Waals surface area contributed by atoms with E-state index in [-0.39, 0.29) is 35.5 Å². The second-order valence-corrected chi connectivity index (χ2v) is 6.56. The molecular weight excluding hydrogens is 282 g/mol. The van der Waals surface area contributed by atoms with Crippen molar-refractivity contribution in [3.8, 4) is 0 Å². The highest BCUT2D eigenvalue weighted by Gasteiger charge is 2.61. The molecule has 0 N–H and O–H groups in total. The first-order valence-electron chi connectivity index (χ1n) is 7.29. The standard InChI is InChI=1S/C17H21NO4/c1-11(2)9-13-15(17(13,3)4)16(19)22-10-12-7-5-6-8-14(12)18(20)21/h5-9,13,15H,10H2,1-4H3/t13-,15+/m0/s1. The molecule has 1 aliphatic carbocycles. The van der Waals surface area contributed by atoms with Crippen molar-refractivity contribution in [3.05, 3.63) is 51.6 Å². The third-order valence-electron chi connectivity index (χ3n) is 4.24. The Bertz CT molecular complexity index is 629. The molecule has 0 aliphatic heterocycles. The number of nitro benzene ring substituents is 1. The van der Waals surface area contributed by atoms with E-state index < -0.39 is 4.92 Å². The average Bonchev–Trinajstić information content (AvgIpc) is 2.96. The predicted octanol–water partition coefficient (Wildman–Crippen LogP) is 3.88. The topological polar surface area (TPSA) is 69.4 Å². The molecule has 2 atom stereocenters. The number of hydrogen-bond donors (Lipinski definition) is 0. The summed E-state index contributed by atoms with van der Waals surface area (Å²) in [6, 6.07) is 6.31. The van der Waals surface area contributed by atoms with E-state index >= 15 is 0 Å². The van der Waals surface area contributed by atoms with E-state index in [0.29, 0.717) is 5.56 Å². The normalized spacial score (nSPS) is 21.8. The molecule has 118 valence electrons. The maximum atomic E-state index is 12.2. The highest BCUT2D eigenvalue weighted by molar-refractivity contribution is 5.78. The molecule has 0 aromatic heterocycles. The van der Waals surface area contributed by atoms with Crippen LogP contribution in [0.4, 0.5) is 5.69 Å². The van der Waals surface area contributed by atoms with Crippen molar-refractivity contribution in [2.24, 2.45) is 17.3 Å². The lowest BCUT2D eigenvalue weighted by atomic mass is 10.1. The molecule has 0 spiro atoms. The molecule has 22 heavy (non-hydrogen) atoms. The first-order valence-corrected chi connectivity index (χ1v) is 7.29. The van der Waals surface area contributed by atoms with Gasteiger partial charge < -0.3 is 4.74 Å². The Hall–Kier alpha value is -2.17. The lowest BCUT2D eigenvalue weighted by Crippen LogP contribution is -2.11. The monoisotopic (exact) mass is 303 g/mol. The van der Waals surface area contributed by atoms with Crippen LogP contribution in [0.15, 0.2) is 35.9 Å². The van der Waals surface area contributed by atoms with Gasteiger partial charge in [0, 0.05) is 6.07 Å². The first kappa shape index (κ1) is 16.2. The number of nitrogens with zero attached hydrogens (tertiary/aromatic N) is 1. The highest BCUT2D eigenvalue weighted by Crippen LogP contribution is 2.59. The van der Waals surface area contributed by atoms with Crippen molar-refractivity contribution in [3.63, 3.8) is 0 Å². The number of rotatable bonds is 5. The van der Waals surface area contributed by atoms with Crippen molar-refractivity contribution in [1.82, 2.24) is 0 Å². The van der Waals surface area contributed by atoms with Crippen molar-refractivity contribution < 1.29 is 14.5 Å². The zero-order valence-electron chi connectivity index (χ0n) is 13.3. The Labute approximate surface area is 130 Å². The maximum Gasteiger partial charge on any atom is 0.310 e. The number of esters is 1. The SMILES string of the molecule is CC(C)=C[C@H]1[C@H](C(=O)OCc2ccccc2[N+](=O)[O-])C1(C)C. The van der Waals surface area contributed by atoms with Gasteiger partial charge in [-0.1, -0.05) is 37.6 Å². The van der Waals surface area contributed by atoms with E-state index in [1.165, 1.54) is 11.6 Å². The van der Waals surface area contributed by atoms with Gasteiger partial charge in [-0.05, 0) is 31.2 Å². The molecule has 1 saturated carbocycles. The Morgan fingerprint density at radius 3 is 2.59 bits per heavy atom. The zero-order chi connectivity index (χ0) is 16.5. The Kier molecular flexibility index (Phi) is 4.35. The third kappa shape index (κ3) is 3.18. The minimum atomic E-state index is -0.462. The molecule has 1 aromatic carbocycles. The fraction of sp³-hybridized carbons (Fsp3) is 0.471. The van der Waals surface area contributed by atoms with Crippen molar-refractivity contribution in [2.45, 2.75) is 34.3 Å². The fourth-order valence-corrected chi connectivity index (χ4v) is 2.85. The largest absolute Gasteiger partial charge is 0.460 e. The Balaban J connectivity index is 2.03. The van der Waals surface area contributed by atoms with E-state index in [1.807, 2.05) is 27.7 Å². The molecule has 0 bridgehead atoms. The number of nitro groups is 1. The van der Waals surface area contributed by atoms with Gasteiger partial charge in [0.1, 0.15) is 6.61 Å². The molecule has 0 unspecified atom stereocenters. The number of hydrogen-bond acceptors (Lipinski definition) is 4. The summed E-state index contributed by atoms with van der Waals surface area (Å²) in [5, 5.41) is 10.9. The van der Waals surface area contributed by atoms with Crippen LogP contribution >= 0.6 is 0 Å². The third-order valence-corrected chi connectivity index (χ3v) is 4.24. The molecule has 1 aromatic rings. The van der Waals surface area contributed by atoms with Gasteiger partial charge in [-0.2, -0.15) is 0 Å². The number of carbonyl (C=O) groups excluding carboxylic acids is 1. The molecule has 0 radical (unpaired) electrons. The van der Waals surface area contributed by atoms with Crippen LogP contribution in [0.25, 0.3) is 0 Å². The van der Waals surface area contributed by atoms with Crippen LogP contribution < -0.4 is 0 Å². The Morgan fingerprint density at radius 1 is 1.36 bits per heavy atom. The molecule has 0 saturated heterocycles. The van der Waals surface area contributed by atoms with Gasteiger partial charge in [0.2, 0.25) is 0 Å². The lowest BCUT2D eigenvalue weighted by molar-refractivity contribution is -0.385. The average molecular weight is 303 g/mol. The molecular formula is C17H21NO4. The number of benzene rings is 1. The summed E-state index contributed by atoms with van der Waals surface area (Å²) in [5.74, 6) is -0.286. The van der Waals surface area contributed by atoms with E-state index in [4.69, 9.17) is 4.74 Å². The molecule has 5 nitrogen and oxygen atoms in total. The van der Waals surface area contributed by atoms with E-state index in [9.17, 15) is 14.9 Å². The van der Waals surface area contributed by atoms with Crippen LogP contribution in [0.5, 0.6) is 0 Å². The van der Waals surface area contributed by atoms with Gasteiger partial charge in [-0.15, -0.1) is 0 Å². The summed E-state index contributed by atoms with van der Waals surface area (Å²) in [4.78, 5) is 22.7. The molecule has 2 rings (SSSR count). The van der Waals surface area contributed by atoms with Crippen LogP contribution in [0, 0.1) is 27.4 Å². The van der Waals surface area contributed by atoms with Crippen LogP contribution in [-0.4, -0.2) is 10.9 Å². The fourth-order valence-electron chi connectivity index (χ4n) is 2.85. The van der Waals surface area contributed by atoms with Crippen molar-refractivity contribution in [1.29, 1.82) is 0 Å². The van der Waals surface area contributed by atoms with E-state index in [0.717, 1.165) is 0 Å². The summed E-state index contributed by atoms with van der Waals surface area (Å²) >= 11 is 0. The van der Waals surface area contributed by atoms with Crippen LogP contribution in [0.2, 0.25) is 0 Å².